The van der Waals surface area contributed by atoms with Gasteiger partial charge in [-0.05, 0) is 25.1 Å². The lowest BCUT2D eigenvalue weighted by Crippen LogP contribution is -2.24. The average Bonchev–Trinajstić information content (AvgIpc) is 2.52. The lowest BCUT2D eigenvalue weighted by atomic mass is 10.3. The Labute approximate surface area is 129 Å². The minimum absolute atomic E-state index is 0.0431. The number of nitrogens with zero attached hydrogens (tertiary/aromatic N) is 2. The van der Waals surface area contributed by atoms with Crippen molar-refractivity contribution in [1.82, 2.24) is 14.7 Å². The van der Waals surface area contributed by atoms with Crippen molar-refractivity contribution in [3.8, 4) is 11.5 Å². The van der Waals surface area contributed by atoms with E-state index < -0.39 is 10.0 Å². The molecular formula is C14H17N3O4S. The van der Waals surface area contributed by atoms with E-state index in [1.807, 2.05) is 6.92 Å². The van der Waals surface area contributed by atoms with Crippen LogP contribution < -0.4 is 14.2 Å². The van der Waals surface area contributed by atoms with Crippen LogP contribution >= 0.6 is 0 Å². The number of rotatable bonds is 6. The summed E-state index contributed by atoms with van der Waals surface area (Å²) in [6.45, 7) is 1.88. The number of aryl methyl sites for hydroxylation is 1. The number of sulfonamides is 1. The van der Waals surface area contributed by atoms with Gasteiger partial charge in [0.25, 0.3) is 0 Å². The largest absolute Gasteiger partial charge is 0.497 e. The maximum Gasteiger partial charge on any atom is 0.244 e. The first-order chi connectivity index (χ1) is 10.5. The molecule has 8 heteroatoms. The highest BCUT2D eigenvalue weighted by Gasteiger charge is 2.20. The molecule has 1 N–H and O–H groups in total. The molecule has 0 aliphatic rings. The van der Waals surface area contributed by atoms with Gasteiger partial charge in [-0.1, -0.05) is 0 Å². The van der Waals surface area contributed by atoms with Gasteiger partial charge in [-0.15, -0.1) is 0 Å². The molecule has 0 saturated heterocycles. The molecule has 0 spiro atoms. The summed E-state index contributed by atoms with van der Waals surface area (Å²) in [4.78, 5) is 8.03. The highest BCUT2D eigenvalue weighted by Crippen LogP contribution is 2.28. The van der Waals surface area contributed by atoms with Gasteiger partial charge in [-0.25, -0.2) is 23.1 Å². The molecule has 7 nitrogen and oxygen atoms in total. The Hall–Kier alpha value is -2.19. The maximum atomic E-state index is 12.4. The quantitative estimate of drug-likeness (QED) is 0.861. The minimum atomic E-state index is -3.73. The fourth-order valence-electron chi connectivity index (χ4n) is 1.85. The van der Waals surface area contributed by atoms with Crippen molar-refractivity contribution in [2.45, 2.75) is 18.4 Å². The number of methoxy groups -OCH3 is 2. The van der Waals surface area contributed by atoms with Gasteiger partial charge in [-0.3, -0.25) is 0 Å². The molecule has 0 aliphatic carbocycles. The standard InChI is InChI=1S/C14H17N3O4S/c1-10-6-11(16-9-15-10)8-17-22(18,19)14-5-4-12(20-2)7-13(14)21-3/h4-7,9,17H,8H2,1-3H3. The van der Waals surface area contributed by atoms with Crippen molar-refractivity contribution in [3.05, 3.63) is 42.0 Å². The van der Waals surface area contributed by atoms with Crippen LogP contribution in [0.1, 0.15) is 11.4 Å². The lowest BCUT2D eigenvalue weighted by Gasteiger charge is -2.12. The molecule has 2 rings (SSSR count). The Morgan fingerprint density at radius 3 is 2.55 bits per heavy atom. The highest BCUT2D eigenvalue weighted by molar-refractivity contribution is 7.89. The summed E-state index contributed by atoms with van der Waals surface area (Å²) in [5.41, 5.74) is 1.36. The van der Waals surface area contributed by atoms with Crippen LogP contribution in [0.25, 0.3) is 0 Å². The summed E-state index contributed by atoms with van der Waals surface area (Å²) in [5.74, 6) is 0.730. The predicted octanol–water partition coefficient (Wildman–Crippen LogP) is 1.28. The molecule has 0 fully saturated rings. The Morgan fingerprint density at radius 1 is 1.14 bits per heavy atom. The summed E-state index contributed by atoms with van der Waals surface area (Å²) >= 11 is 0. The zero-order chi connectivity index (χ0) is 16.2. The topological polar surface area (TPSA) is 90.4 Å². The zero-order valence-corrected chi connectivity index (χ0v) is 13.3. The van der Waals surface area contributed by atoms with Crippen LogP contribution in [0, 0.1) is 6.92 Å². The van der Waals surface area contributed by atoms with Gasteiger partial charge in [-0.2, -0.15) is 0 Å². The van der Waals surface area contributed by atoms with Gasteiger partial charge in [0.15, 0.2) is 0 Å². The van der Waals surface area contributed by atoms with E-state index in [2.05, 4.69) is 14.7 Å². The Morgan fingerprint density at radius 2 is 1.91 bits per heavy atom. The van der Waals surface area contributed by atoms with Crippen LogP contribution in [0.5, 0.6) is 11.5 Å². The number of aromatic nitrogens is 2. The van der Waals surface area contributed by atoms with Gasteiger partial charge in [0.2, 0.25) is 10.0 Å². The van der Waals surface area contributed by atoms with Crippen molar-refractivity contribution in [1.29, 1.82) is 0 Å². The normalized spacial score (nSPS) is 11.2. The third-order valence-corrected chi connectivity index (χ3v) is 4.40. The van der Waals surface area contributed by atoms with E-state index in [1.54, 1.807) is 12.1 Å². The molecule has 1 heterocycles. The first-order valence-electron chi connectivity index (χ1n) is 6.45. The Bertz CT molecular complexity index is 762. The van der Waals surface area contributed by atoms with Crippen molar-refractivity contribution in [3.63, 3.8) is 0 Å². The molecule has 0 bridgehead atoms. The first kappa shape index (κ1) is 16.2. The maximum absolute atomic E-state index is 12.4. The molecule has 118 valence electrons. The SMILES string of the molecule is COc1ccc(S(=O)(=O)NCc2cc(C)ncn2)c(OC)c1. The zero-order valence-electron chi connectivity index (χ0n) is 12.5. The molecule has 0 unspecified atom stereocenters. The molecule has 2 aromatic rings. The third-order valence-electron chi connectivity index (χ3n) is 2.96. The number of benzene rings is 1. The van der Waals surface area contributed by atoms with Crippen molar-refractivity contribution in [2.24, 2.45) is 0 Å². The molecule has 0 radical (unpaired) electrons. The lowest BCUT2D eigenvalue weighted by molar-refractivity contribution is 0.386. The Balaban J connectivity index is 2.23. The van der Waals surface area contributed by atoms with E-state index in [4.69, 9.17) is 9.47 Å². The molecule has 0 atom stereocenters. The molecule has 0 aliphatic heterocycles. The van der Waals surface area contributed by atoms with E-state index in [9.17, 15) is 8.42 Å². The number of nitrogens with one attached hydrogen (secondary N) is 1. The van der Waals surface area contributed by atoms with Gasteiger partial charge < -0.3 is 9.47 Å². The number of hydrogen-bond donors (Lipinski definition) is 1. The van der Waals surface area contributed by atoms with Crippen LogP contribution in [-0.2, 0) is 16.6 Å². The van der Waals surface area contributed by atoms with Crippen LogP contribution in [-0.4, -0.2) is 32.6 Å². The monoisotopic (exact) mass is 323 g/mol. The van der Waals surface area contributed by atoms with Crippen LogP contribution in [0.2, 0.25) is 0 Å². The summed E-state index contributed by atoms with van der Waals surface area (Å²) in [6.07, 6.45) is 1.40. The first-order valence-corrected chi connectivity index (χ1v) is 7.94. The molecular weight excluding hydrogens is 306 g/mol. The van der Waals surface area contributed by atoms with E-state index in [1.165, 1.54) is 32.7 Å². The van der Waals surface area contributed by atoms with Crippen LogP contribution in [0.15, 0.2) is 35.5 Å². The van der Waals surface area contributed by atoms with Gasteiger partial charge in [0, 0.05) is 11.8 Å². The molecule has 22 heavy (non-hydrogen) atoms. The third kappa shape index (κ3) is 3.71. The van der Waals surface area contributed by atoms with Gasteiger partial charge in [0.1, 0.15) is 22.7 Å². The summed E-state index contributed by atoms with van der Waals surface area (Å²) in [7, 11) is -0.827. The summed E-state index contributed by atoms with van der Waals surface area (Å²) in [5, 5.41) is 0. The summed E-state index contributed by atoms with van der Waals surface area (Å²) < 4.78 is 37.5. The fraction of sp³-hybridized carbons (Fsp3) is 0.286. The summed E-state index contributed by atoms with van der Waals surface area (Å²) in [6, 6.07) is 6.23. The molecule has 0 saturated carbocycles. The second-order valence-corrected chi connectivity index (χ2v) is 6.23. The van der Waals surface area contributed by atoms with Crippen molar-refractivity contribution >= 4 is 10.0 Å². The minimum Gasteiger partial charge on any atom is -0.497 e. The van der Waals surface area contributed by atoms with Gasteiger partial charge in [0.05, 0.1) is 26.5 Å². The highest BCUT2D eigenvalue weighted by atomic mass is 32.2. The van der Waals surface area contributed by atoms with Gasteiger partial charge >= 0.3 is 0 Å². The molecule has 1 aromatic heterocycles. The predicted molar refractivity (Wildman–Crippen MR) is 80.3 cm³/mol. The Kier molecular flexibility index (Phi) is 4.94. The van der Waals surface area contributed by atoms with Crippen molar-refractivity contribution < 1.29 is 17.9 Å². The van der Waals surface area contributed by atoms with Crippen molar-refractivity contribution in [2.75, 3.05) is 14.2 Å². The second kappa shape index (κ2) is 6.71. The number of hydrogen-bond acceptors (Lipinski definition) is 6. The van der Waals surface area contributed by atoms with Crippen LogP contribution in [0.3, 0.4) is 0 Å². The van der Waals surface area contributed by atoms with E-state index in [0.29, 0.717) is 11.4 Å². The van der Waals surface area contributed by atoms with E-state index in [-0.39, 0.29) is 17.2 Å². The fourth-order valence-corrected chi connectivity index (χ4v) is 3.00. The smallest absolute Gasteiger partial charge is 0.244 e. The molecule has 1 aromatic carbocycles. The van der Waals surface area contributed by atoms with E-state index >= 15 is 0 Å². The van der Waals surface area contributed by atoms with E-state index in [0.717, 1.165) is 5.69 Å². The molecule has 0 amide bonds. The average molecular weight is 323 g/mol. The number of ether oxygens (including phenoxy) is 2. The van der Waals surface area contributed by atoms with Crippen LogP contribution in [0.4, 0.5) is 0 Å². The second-order valence-electron chi connectivity index (χ2n) is 4.49.